The van der Waals surface area contributed by atoms with Crippen molar-refractivity contribution in [3.63, 3.8) is 0 Å². The van der Waals surface area contributed by atoms with E-state index < -0.39 is 0 Å². The molecule has 0 aromatic heterocycles. The largest absolute Gasteiger partial charge is 0.497 e. The Morgan fingerprint density at radius 1 is 0.741 bits per heavy atom. The van der Waals surface area contributed by atoms with Crippen molar-refractivity contribution in [3.8, 4) is 11.5 Å². The predicted molar refractivity (Wildman–Crippen MR) is 113 cm³/mol. The Kier molecular flexibility index (Phi) is 5.21. The Morgan fingerprint density at radius 2 is 1.44 bits per heavy atom. The summed E-state index contributed by atoms with van der Waals surface area (Å²) >= 11 is 1.87. The van der Waals surface area contributed by atoms with E-state index in [1.54, 1.807) is 14.2 Å². The van der Waals surface area contributed by atoms with Gasteiger partial charge in [0.25, 0.3) is 0 Å². The molecule has 3 aromatic rings. The third kappa shape index (κ3) is 3.74. The maximum atomic E-state index is 5.44. The summed E-state index contributed by atoms with van der Waals surface area (Å²) in [6, 6.07) is 25.4. The predicted octanol–water partition coefficient (Wildman–Crippen LogP) is 6.20. The number of ether oxygens (including phenoxy) is 2. The zero-order chi connectivity index (χ0) is 18.6. The van der Waals surface area contributed by atoms with Crippen LogP contribution in [0.25, 0.3) is 5.57 Å². The molecule has 3 aromatic carbocycles. The molecule has 0 saturated heterocycles. The van der Waals surface area contributed by atoms with Crippen LogP contribution in [0.5, 0.6) is 11.5 Å². The van der Waals surface area contributed by atoms with Crippen molar-refractivity contribution >= 4 is 17.3 Å². The monoisotopic (exact) mass is 374 g/mol. The lowest BCUT2D eigenvalue weighted by molar-refractivity contribution is 0.414. The molecular weight excluding hydrogens is 352 g/mol. The summed E-state index contributed by atoms with van der Waals surface area (Å²) in [6.07, 6.45) is 2.06. The van der Waals surface area contributed by atoms with Crippen molar-refractivity contribution in [2.24, 2.45) is 0 Å². The van der Waals surface area contributed by atoms with Crippen LogP contribution >= 0.6 is 11.8 Å². The molecule has 0 unspecified atom stereocenters. The fourth-order valence-electron chi connectivity index (χ4n) is 3.48. The minimum atomic E-state index is 0.877. The first-order chi connectivity index (χ1) is 13.3. The number of hydrogen-bond donors (Lipinski definition) is 0. The SMILES string of the molecule is COc1ccc(C2=C(Sc3ccccc3)CCc3cc(OC)ccc32)cc1. The van der Waals surface area contributed by atoms with Crippen LogP contribution in [0.15, 0.2) is 82.6 Å². The highest BCUT2D eigenvalue weighted by molar-refractivity contribution is 8.03. The van der Waals surface area contributed by atoms with Crippen molar-refractivity contribution in [3.05, 3.63) is 94.4 Å². The van der Waals surface area contributed by atoms with Crippen molar-refractivity contribution in [2.45, 2.75) is 17.7 Å². The first-order valence-corrected chi connectivity index (χ1v) is 9.88. The molecule has 0 N–H and O–H groups in total. The molecular formula is C24H22O2S. The molecule has 0 heterocycles. The van der Waals surface area contributed by atoms with E-state index in [1.807, 2.05) is 23.9 Å². The van der Waals surface area contributed by atoms with Crippen LogP contribution in [0.3, 0.4) is 0 Å². The zero-order valence-electron chi connectivity index (χ0n) is 15.6. The van der Waals surface area contributed by atoms with E-state index in [0.29, 0.717) is 0 Å². The summed E-state index contributed by atoms with van der Waals surface area (Å²) in [5, 5.41) is 0. The van der Waals surface area contributed by atoms with E-state index in [0.717, 1.165) is 24.3 Å². The summed E-state index contributed by atoms with van der Waals surface area (Å²) in [6.45, 7) is 0. The molecule has 0 amide bonds. The molecule has 27 heavy (non-hydrogen) atoms. The quantitative estimate of drug-likeness (QED) is 0.529. The Hall–Kier alpha value is -2.65. The molecule has 0 spiro atoms. The lowest BCUT2D eigenvalue weighted by atomic mass is 9.86. The van der Waals surface area contributed by atoms with Gasteiger partial charge in [0.15, 0.2) is 0 Å². The third-order valence-corrected chi connectivity index (χ3v) is 6.01. The standard InChI is InChI=1S/C24H22O2S/c1-25-19-11-8-17(9-12-19)24-22-14-13-20(26-2)16-18(22)10-15-23(24)27-21-6-4-3-5-7-21/h3-9,11-14,16H,10,15H2,1-2H3. The maximum absolute atomic E-state index is 5.44. The van der Waals surface area contributed by atoms with E-state index in [-0.39, 0.29) is 0 Å². The fourth-order valence-corrected chi connectivity index (χ4v) is 4.59. The average molecular weight is 375 g/mol. The van der Waals surface area contributed by atoms with Crippen LogP contribution in [-0.2, 0) is 6.42 Å². The van der Waals surface area contributed by atoms with E-state index >= 15 is 0 Å². The third-order valence-electron chi connectivity index (χ3n) is 4.84. The molecule has 0 saturated carbocycles. The minimum Gasteiger partial charge on any atom is -0.497 e. The topological polar surface area (TPSA) is 18.5 Å². The van der Waals surface area contributed by atoms with Gasteiger partial charge >= 0.3 is 0 Å². The second-order valence-electron chi connectivity index (χ2n) is 6.46. The molecule has 0 radical (unpaired) electrons. The molecule has 0 fully saturated rings. The van der Waals surface area contributed by atoms with E-state index in [9.17, 15) is 0 Å². The van der Waals surface area contributed by atoms with E-state index in [4.69, 9.17) is 9.47 Å². The van der Waals surface area contributed by atoms with Gasteiger partial charge in [0, 0.05) is 4.90 Å². The van der Waals surface area contributed by atoms with Gasteiger partial charge in [-0.1, -0.05) is 48.2 Å². The second-order valence-corrected chi connectivity index (χ2v) is 7.63. The van der Waals surface area contributed by atoms with Crippen LogP contribution in [-0.4, -0.2) is 14.2 Å². The lowest BCUT2D eigenvalue weighted by Crippen LogP contribution is -2.05. The highest BCUT2D eigenvalue weighted by atomic mass is 32.2. The van der Waals surface area contributed by atoms with Gasteiger partial charge in [-0.05, 0) is 76.4 Å². The number of aryl methyl sites for hydroxylation is 1. The first kappa shape index (κ1) is 17.7. The normalized spacial score (nSPS) is 13.3. The first-order valence-electron chi connectivity index (χ1n) is 9.06. The van der Waals surface area contributed by atoms with E-state index in [1.165, 1.54) is 32.1 Å². The molecule has 1 aliphatic rings. The molecule has 3 heteroatoms. The number of methoxy groups -OCH3 is 2. The average Bonchev–Trinajstić information content (AvgIpc) is 2.74. The van der Waals surface area contributed by atoms with Crippen LogP contribution in [0.4, 0.5) is 0 Å². The second kappa shape index (κ2) is 7.93. The fraction of sp³-hybridized carbons (Fsp3) is 0.167. The van der Waals surface area contributed by atoms with Gasteiger partial charge in [0.1, 0.15) is 11.5 Å². The molecule has 0 atom stereocenters. The maximum Gasteiger partial charge on any atom is 0.119 e. The summed E-state index contributed by atoms with van der Waals surface area (Å²) in [5.41, 5.74) is 5.18. The van der Waals surface area contributed by atoms with Crippen molar-refractivity contribution in [1.82, 2.24) is 0 Å². The highest BCUT2D eigenvalue weighted by Gasteiger charge is 2.22. The smallest absolute Gasteiger partial charge is 0.119 e. The van der Waals surface area contributed by atoms with Crippen LogP contribution < -0.4 is 9.47 Å². The molecule has 1 aliphatic carbocycles. The van der Waals surface area contributed by atoms with Gasteiger partial charge in [-0.25, -0.2) is 0 Å². The molecule has 2 nitrogen and oxygen atoms in total. The number of thioether (sulfide) groups is 1. The van der Waals surface area contributed by atoms with E-state index in [2.05, 4.69) is 60.7 Å². The number of benzene rings is 3. The van der Waals surface area contributed by atoms with Crippen molar-refractivity contribution in [2.75, 3.05) is 14.2 Å². The van der Waals surface area contributed by atoms with Gasteiger partial charge in [0.05, 0.1) is 14.2 Å². The number of hydrogen-bond acceptors (Lipinski definition) is 3. The molecule has 0 bridgehead atoms. The molecule has 136 valence electrons. The Morgan fingerprint density at radius 3 is 2.15 bits per heavy atom. The van der Waals surface area contributed by atoms with Crippen LogP contribution in [0.1, 0.15) is 23.1 Å². The summed E-state index contributed by atoms with van der Waals surface area (Å²) < 4.78 is 10.8. The van der Waals surface area contributed by atoms with Gasteiger partial charge in [-0.15, -0.1) is 0 Å². The van der Waals surface area contributed by atoms with Crippen molar-refractivity contribution in [1.29, 1.82) is 0 Å². The van der Waals surface area contributed by atoms with Gasteiger partial charge < -0.3 is 9.47 Å². The van der Waals surface area contributed by atoms with Gasteiger partial charge in [-0.3, -0.25) is 0 Å². The summed E-state index contributed by atoms with van der Waals surface area (Å²) in [5.74, 6) is 1.80. The minimum absolute atomic E-state index is 0.877. The Bertz CT molecular complexity index is 959. The number of rotatable bonds is 5. The van der Waals surface area contributed by atoms with Gasteiger partial charge in [0.2, 0.25) is 0 Å². The highest BCUT2D eigenvalue weighted by Crippen LogP contribution is 2.44. The van der Waals surface area contributed by atoms with Gasteiger partial charge in [-0.2, -0.15) is 0 Å². The number of allylic oxidation sites excluding steroid dienone is 1. The molecule has 4 rings (SSSR count). The summed E-state index contributed by atoms with van der Waals surface area (Å²) in [4.78, 5) is 2.68. The van der Waals surface area contributed by atoms with Crippen molar-refractivity contribution < 1.29 is 9.47 Å². The zero-order valence-corrected chi connectivity index (χ0v) is 16.4. The Labute approximate surface area is 164 Å². The number of fused-ring (bicyclic) bond motifs is 1. The van der Waals surface area contributed by atoms with Crippen LogP contribution in [0.2, 0.25) is 0 Å². The lowest BCUT2D eigenvalue weighted by Gasteiger charge is -2.24. The molecule has 0 aliphatic heterocycles. The Balaban J connectivity index is 1.83. The van der Waals surface area contributed by atoms with Crippen LogP contribution in [0, 0.1) is 0 Å². The summed E-state index contributed by atoms with van der Waals surface area (Å²) in [7, 11) is 3.43.